The summed E-state index contributed by atoms with van der Waals surface area (Å²) >= 11 is 0. The predicted molar refractivity (Wildman–Crippen MR) is 74.6 cm³/mol. The van der Waals surface area contributed by atoms with E-state index in [-0.39, 0.29) is 12.2 Å². The van der Waals surface area contributed by atoms with E-state index in [1.165, 1.54) is 23.1 Å². The summed E-state index contributed by atoms with van der Waals surface area (Å²) in [4.78, 5) is 34.2. The molecule has 2 amide bonds. The molecule has 2 aromatic rings. The number of tetrazole rings is 1. The molecule has 0 aliphatic rings. The van der Waals surface area contributed by atoms with Crippen molar-refractivity contribution < 1.29 is 23.9 Å². The van der Waals surface area contributed by atoms with Gasteiger partial charge < -0.3 is 9.47 Å². The number of esters is 1. The summed E-state index contributed by atoms with van der Waals surface area (Å²) in [5, 5.41) is 12.6. The number of aromatic nitrogens is 4. The van der Waals surface area contributed by atoms with Crippen LogP contribution in [0.3, 0.4) is 0 Å². The Balaban J connectivity index is 1.86. The number of rotatable bonds is 5. The van der Waals surface area contributed by atoms with Crippen molar-refractivity contribution in [3.05, 3.63) is 36.2 Å². The van der Waals surface area contributed by atoms with E-state index in [9.17, 15) is 14.4 Å². The molecule has 1 aromatic heterocycles. The van der Waals surface area contributed by atoms with Crippen molar-refractivity contribution in [1.82, 2.24) is 25.5 Å². The average molecular weight is 319 g/mol. The topological polar surface area (TPSA) is 125 Å². The minimum Gasteiger partial charge on any atom is -0.452 e. The van der Waals surface area contributed by atoms with E-state index in [0.717, 1.165) is 0 Å². The molecule has 0 spiro atoms. The maximum atomic E-state index is 11.8. The number of carbonyl (C=O) groups is 3. The highest BCUT2D eigenvalue weighted by atomic mass is 16.6. The highest BCUT2D eigenvalue weighted by molar-refractivity contribution is 5.95. The van der Waals surface area contributed by atoms with Gasteiger partial charge in [0.25, 0.3) is 5.91 Å². The molecule has 0 saturated carbocycles. The van der Waals surface area contributed by atoms with Crippen molar-refractivity contribution in [2.45, 2.75) is 6.92 Å². The minimum absolute atomic E-state index is 0.131. The van der Waals surface area contributed by atoms with Crippen LogP contribution in [0.5, 0.6) is 0 Å². The number of amides is 2. The minimum atomic E-state index is -0.889. The van der Waals surface area contributed by atoms with Crippen LogP contribution in [0.25, 0.3) is 5.69 Å². The summed E-state index contributed by atoms with van der Waals surface area (Å²) in [6.07, 6.45) is 0.520. The maximum Gasteiger partial charge on any atom is 0.413 e. The van der Waals surface area contributed by atoms with E-state index >= 15 is 0 Å². The number of ether oxygens (including phenoxy) is 2. The second-order valence-corrected chi connectivity index (χ2v) is 4.15. The number of imide groups is 1. The number of carbonyl (C=O) groups excluding carboxylic acids is 3. The van der Waals surface area contributed by atoms with Gasteiger partial charge >= 0.3 is 12.1 Å². The lowest BCUT2D eigenvalue weighted by Gasteiger charge is -2.06. The van der Waals surface area contributed by atoms with Crippen molar-refractivity contribution in [3.8, 4) is 5.69 Å². The Morgan fingerprint density at radius 3 is 2.52 bits per heavy atom. The fraction of sp³-hybridized carbons (Fsp3) is 0.231. The number of hydrogen-bond acceptors (Lipinski definition) is 8. The van der Waals surface area contributed by atoms with Crippen molar-refractivity contribution in [3.63, 3.8) is 0 Å². The van der Waals surface area contributed by atoms with Gasteiger partial charge in [0, 0.05) is 0 Å². The Morgan fingerprint density at radius 2 is 1.91 bits per heavy atom. The smallest absolute Gasteiger partial charge is 0.413 e. The molecule has 0 fully saturated rings. The van der Waals surface area contributed by atoms with E-state index in [1.54, 1.807) is 19.1 Å². The van der Waals surface area contributed by atoms with E-state index in [0.29, 0.717) is 5.69 Å². The average Bonchev–Trinajstić information content (AvgIpc) is 3.07. The van der Waals surface area contributed by atoms with Crippen molar-refractivity contribution in [2.75, 3.05) is 13.2 Å². The lowest BCUT2D eigenvalue weighted by molar-refractivity contribution is -0.123. The maximum absolute atomic E-state index is 11.8. The first-order valence-electron chi connectivity index (χ1n) is 6.57. The first kappa shape index (κ1) is 16.1. The molecule has 0 aliphatic heterocycles. The highest BCUT2D eigenvalue weighted by Crippen LogP contribution is 2.08. The van der Waals surface area contributed by atoms with Crippen LogP contribution in [-0.4, -0.2) is 51.4 Å². The quantitative estimate of drug-likeness (QED) is 0.769. The number of nitrogens with one attached hydrogen (secondary N) is 1. The van der Waals surface area contributed by atoms with Gasteiger partial charge in [-0.05, 0) is 41.6 Å². The largest absolute Gasteiger partial charge is 0.452 e. The predicted octanol–water partition coefficient (Wildman–Crippen LogP) is 0.0918. The molecule has 2 rings (SSSR count). The number of benzene rings is 1. The molecule has 10 nitrogen and oxygen atoms in total. The third kappa shape index (κ3) is 4.59. The molecular weight excluding hydrogens is 306 g/mol. The third-order valence-corrected chi connectivity index (χ3v) is 2.57. The second kappa shape index (κ2) is 7.64. The van der Waals surface area contributed by atoms with E-state index in [2.05, 4.69) is 20.3 Å². The van der Waals surface area contributed by atoms with Gasteiger partial charge in [0.05, 0.1) is 17.9 Å². The molecule has 1 aromatic carbocycles. The third-order valence-electron chi connectivity index (χ3n) is 2.57. The zero-order valence-electron chi connectivity index (χ0n) is 12.1. The summed E-state index contributed by atoms with van der Waals surface area (Å²) in [5.74, 6) is -1.48. The van der Waals surface area contributed by atoms with Crippen LogP contribution in [0.15, 0.2) is 30.6 Å². The molecule has 10 heteroatoms. The molecule has 1 N–H and O–H groups in total. The molecule has 0 bridgehead atoms. The van der Waals surface area contributed by atoms with Crippen LogP contribution in [0.4, 0.5) is 4.79 Å². The summed E-state index contributed by atoms with van der Waals surface area (Å²) < 4.78 is 10.7. The summed E-state index contributed by atoms with van der Waals surface area (Å²) in [7, 11) is 0. The molecule has 120 valence electrons. The monoisotopic (exact) mass is 319 g/mol. The lowest BCUT2D eigenvalue weighted by Crippen LogP contribution is -2.34. The molecule has 1 heterocycles. The molecule has 0 atom stereocenters. The molecule has 0 saturated heterocycles. The second-order valence-electron chi connectivity index (χ2n) is 4.15. The number of nitrogens with zero attached hydrogens (tertiary/aromatic N) is 4. The zero-order chi connectivity index (χ0) is 16.7. The number of hydrogen-bond donors (Lipinski definition) is 1. The Labute approximate surface area is 130 Å². The van der Waals surface area contributed by atoms with E-state index < -0.39 is 24.6 Å². The van der Waals surface area contributed by atoms with Crippen molar-refractivity contribution >= 4 is 18.0 Å². The van der Waals surface area contributed by atoms with E-state index in [1.807, 2.05) is 5.32 Å². The first-order chi connectivity index (χ1) is 11.1. The van der Waals surface area contributed by atoms with Crippen LogP contribution < -0.4 is 5.32 Å². The Hall–Kier alpha value is -3.30. The van der Waals surface area contributed by atoms with Crippen LogP contribution >= 0.6 is 0 Å². The Morgan fingerprint density at radius 1 is 1.17 bits per heavy atom. The fourth-order valence-electron chi connectivity index (χ4n) is 1.56. The molecule has 23 heavy (non-hydrogen) atoms. The lowest BCUT2D eigenvalue weighted by atomic mass is 10.2. The standard InChI is InChI=1S/C13H13N5O5/c1-2-22-13(21)15-11(19)7-23-12(20)9-3-5-10(6-4-9)18-8-14-16-17-18/h3-6,8H,2,7H2,1H3,(H,15,19,21). The summed E-state index contributed by atoms with van der Waals surface area (Å²) in [6.45, 7) is 1.14. The van der Waals surface area contributed by atoms with Gasteiger partial charge in [-0.2, -0.15) is 0 Å². The SMILES string of the molecule is CCOC(=O)NC(=O)COC(=O)c1ccc(-n2cnnn2)cc1. The van der Waals surface area contributed by atoms with Gasteiger partial charge in [0.15, 0.2) is 6.61 Å². The van der Waals surface area contributed by atoms with Crippen LogP contribution in [0.1, 0.15) is 17.3 Å². The van der Waals surface area contributed by atoms with E-state index in [4.69, 9.17) is 4.74 Å². The van der Waals surface area contributed by atoms with Crippen molar-refractivity contribution in [2.24, 2.45) is 0 Å². The zero-order valence-corrected chi connectivity index (χ0v) is 12.1. The Kier molecular flexibility index (Phi) is 5.34. The van der Waals surface area contributed by atoms with Gasteiger partial charge in [-0.15, -0.1) is 5.10 Å². The number of alkyl carbamates (subject to hydrolysis) is 1. The van der Waals surface area contributed by atoms with Gasteiger partial charge in [0.2, 0.25) is 0 Å². The molecule has 0 aliphatic carbocycles. The molecule has 0 radical (unpaired) electrons. The Bertz CT molecular complexity index is 683. The highest BCUT2D eigenvalue weighted by Gasteiger charge is 2.13. The molecule has 0 unspecified atom stereocenters. The molecular formula is C13H13N5O5. The van der Waals surface area contributed by atoms with Gasteiger partial charge in [-0.1, -0.05) is 0 Å². The van der Waals surface area contributed by atoms with Crippen molar-refractivity contribution in [1.29, 1.82) is 0 Å². The van der Waals surface area contributed by atoms with Gasteiger partial charge in [-0.25, -0.2) is 14.3 Å². The van der Waals surface area contributed by atoms with Crippen LogP contribution in [-0.2, 0) is 14.3 Å². The normalized spacial score (nSPS) is 9.96. The van der Waals surface area contributed by atoms with Crippen LogP contribution in [0, 0.1) is 0 Å². The van der Waals surface area contributed by atoms with Crippen LogP contribution in [0.2, 0.25) is 0 Å². The summed E-state index contributed by atoms with van der Waals surface area (Å²) in [5.41, 5.74) is 0.900. The summed E-state index contributed by atoms with van der Waals surface area (Å²) in [6, 6.07) is 6.24. The fourth-order valence-corrected chi connectivity index (χ4v) is 1.56. The van der Waals surface area contributed by atoms with Gasteiger partial charge in [-0.3, -0.25) is 10.1 Å². The van der Waals surface area contributed by atoms with Gasteiger partial charge in [0.1, 0.15) is 6.33 Å². The first-order valence-corrected chi connectivity index (χ1v) is 6.57.